The Balaban J connectivity index is 1.54. The van der Waals surface area contributed by atoms with Crippen LogP contribution in [0.1, 0.15) is 18.4 Å². The molecule has 0 aliphatic rings. The second-order valence-corrected chi connectivity index (χ2v) is 9.80. The van der Waals surface area contributed by atoms with Crippen molar-refractivity contribution >= 4 is 50.5 Å². The van der Waals surface area contributed by atoms with E-state index < -0.39 is 26.8 Å². The highest BCUT2D eigenvalue weighted by atomic mass is 35.5. The Morgan fingerprint density at radius 2 is 1.54 bits per heavy atom. The van der Waals surface area contributed by atoms with Gasteiger partial charge in [0.05, 0.1) is 22.1 Å². The van der Waals surface area contributed by atoms with Gasteiger partial charge in [-0.1, -0.05) is 23.2 Å². The summed E-state index contributed by atoms with van der Waals surface area (Å²) in [5, 5.41) is 2.69. The van der Waals surface area contributed by atoms with Crippen LogP contribution in [-0.4, -0.2) is 20.9 Å². The number of hydrogen-bond donors (Lipinski definition) is 2. The highest BCUT2D eigenvalue weighted by Gasteiger charge is 2.33. The lowest BCUT2D eigenvalue weighted by Gasteiger charge is -2.13. The molecular formula is C23H19Cl2F3N2O4S. The fourth-order valence-corrected chi connectivity index (χ4v) is 4.31. The quantitative estimate of drug-likeness (QED) is 0.296. The van der Waals surface area contributed by atoms with Gasteiger partial charge < -0.3 is 10.1 Å². The first-order valence-electron chi connectivity index (χ1n) is 10.1. The predicted molar refractivity (Wildman–Crippen MR) is 129 cm³/mol. The van der Waals surface area contributed by atoms with E-state index in [1.54, 1.807) is 24.3 Å². The number of benzene rings is 3. The normalized spacial score (nSPS) is 11.7. The van der Waals surface area contributed by atoms with E-state index in [4.69, 9.17) is 27.9 Å². The van der Waals surface area contributed by atoms with Crippen molar-refractivity contribution in [2.24, 2.45) is 0 Å². The van der Waals surface area contributed by atoms with Crippen molar-refractivity contribution in [3.8, 4) is 5.75 Å². The van der Waals surface area contributed by atoms with Crippen LogP contribution in [0, 0.1) is 0 Å². The lowest BCUT2D eigenvalue weighted by atomic mass is 10.2. The number of halogens is 5. The van der Waals surface area contributed by atoms with Gasteiger partial charge in [-0.25, -0.2) is 8.42 Å². The minimum absolute atomic E-state index is 0.174. The minimum atomic E-state index is -4.74. The molecule has 0 saturated carbocycles. The van der Waals surface area contributed by atoms with Crippen LogP contribution in [-0.2, 0) is 21.0 Å². The maximum atomic E-state index is 13.0. The first-order valence-corrected chi connectivity index (χ1v) is 12.4. The van der Waals surface area contributed by atoms with Gasteiger partial charge in [-0.2, -0.15) is 13.2 Å². The van der Waals surface area contributed by atoms with Crippen LogP contribution in [0.4, 0.5) is 24.5 Å². The van der Waals surface area contributed by atoms with E-state index in [9.17, 15) is 26.4 Å². The fraction of sp³-hybridized carbons (Fsp3) is 0.174. The summed E-state index contributed by atoms with van der Waals surface area (Å²) in [4.78, 5) is 11.9. The zero-order valence-corrected chi connectivity index (χ0v) is 20.2. The maximum absolute atomic E-state index is 13.0. The molecule has 0 aromatic heterocycles. The minimum Gasteiger partial charge on any atom is -0.494 e. The van der Waals surface area contributed by atoms with E-state index >= 15 is 0 Å². The Morgan fingerprint density at radius 3 is 2.17 bits per heavy atom. The summed E-state index contributed by atoms with van der Waals surface area (Å²) < 4.78 is 71.8. The molecule has 0 spiro atoms. The average molecular weight is 547 g/mol. The van der Waals surface area contributed by atoms with E-state index in [-0.39, 0.29) is 22.9 Å². The molecule has 0 aliphatic heterocycles. The van der Waals surface area contributed by atoms with Crippen molar-refractivity contribution in [3.63, 3.8) is 0 Å². The van der Waals surface area contributed by atoms with Crippen molar-refractivity contribution < 1.29 is 31.1 Å². The lowest BCUT2D eigenvalue weighted by Crippen LogP contribution is -2.15. The van der Waals surface area contributed by atoms with Crippen LogP contribution >= 0.6 is 23.2 Å². The van der Waals surface area contributed by atoms with Crippen LogP contribution in [0.15, 0.2) is 71.6 Å². The number of carbonyl (C=O) groups is 1. The third kappa shape index (κ3) is 7.78. The fourth-order valence-electron chi connectivity index (χ4n) is 2.91. The summed E-state index contributed by atoms with van der Waals surface area (Å²) in [5.74, 6) is 0.340. The molecule has 2 N–H and O–H groups in total. The summed E-state index contributed by atoms with van der Waals surface area (Å²) in [6.07, 6.45) is -4.11. The molecule has 0 aliphatic carbocycles. The summed E-state index contributed by atoms with van der Waals surface area (Å²) in [6.45, 7) is 0.318. The number of nitrogens with one attached hydrogen (secondary N) is 2. The van der Waals surface area contributed by atoms with Gasteiger partial charge in [0.2, 0.25) is 5.91 Å². The highest BCUT2D eigenvalue weighted by molar-refractivity contribution is 7.92. The number of hydrogen-bond acceptors (Lipinski definition) is 4. The van der Waals surface area contributed by atoms with Crippen molar-refractivity contribution in [2.75, 3.05) is 16.6 Å². The molecule has 3 rings (SSSR count). The zero-order chi connectivity index (χ0) is 25.6. The Kier molecular flexibility index (Phi) is 8.52. The molecule has 0 unspecified atom stereocenters. The summed E-state index contributed by atoms with van der Waals surface area (Å²) in [7, 11) is -4.18. The predicted octanol–water partition coefficient (Wildman–Crippen LogP) is 6.61. The summed E-state index contributed by atoms with van der Waals surface area (Å²) in [6, 6.07) is 14.7. The van der Waals surface area contributed by atoms with Crippen molar-refractivity contribution in [3.05, 3.63) is 82.3 Å². The van der Waals surface area contributed by atoms with Gasteiger partial charge in [0.1, 0.15) is 5.75 Å². The second kappa shape index (κ2) is 11.2. The third-order valence-corrected chi connectivity index (χ3v) is 6.58. The molecule has 12 heteroatoms. The molecule has 35 heavy (non-hydrogen) atoms. The first kappa shape index (κ1) is 26.7. The topological polar surface area (TPSA) is 84.5 Å². The van der Waals surface area contributed by atoms with E-state index in [0.29, 0.717) is 35.6 Å². The Labute approximate surface area is 210 Å². The molecule has 0 heterocycles. The van der Waals surface area contributed by atoms with Gasteiger partial charge in [-0.3, -0.25) is 9.52 Å². The van der Waals surface area contributed by atoms with Crippen LogP contribution < -0.4 is 14.8 Å². The molecule has 0 bridgehead atoms. The second-order valence-electron chi connectivity index (χ2n) is 7.28. The molecule has 3 aromatic rings. The van der Waals surface area contributed by atoms with Crippen molar-refractivity contribution in [2.45, 2.75) is 23.9 Å². The van der Waals surface area contributed by atoms with Gasteiger partial charge in [0.15, 0.2) is 0 Å². The largest absolute Gasteiger partial charge is 0.494 e. The molecule has 186 valence electrons. The number of alkyl halides is 3. The number of amides is 1. The third-order valence-electron chi connectivity index (χ3n) is 4.60. The molecule has 1 amide bonds. The molecule has 0 radical (unpaired) electrons. The molecule has 6 nitrogen and oxygen atoms in total. The van der Waals surface area contributed by atoms with E-state index in [2.05, 4.69) is 10.0 Å². The molecule has 0 fully saturated rings. The highest BCUT2D eigenvalue weighted by Crippen LogP contribution is 2.36. The maximum Gasteiger partial charge on any atom is 0.417 e. The number of anilines is 2. The first-order chi connectivity index (χ1) is 16.4. The zero-order valence-electron chi connectivity index (χ0n) is 17.9. The molecule has 3 aromatic carbocycles. The number of sulfonamides is 1. The van der Waals surface area contributed by atoms with Gasteiger partial charge >= 0.3 is 6.18 Å². The Bertz CT molecular complexity index is 1280. The Morgan fingerprint density at radius 1 is 0.914 bits per heavy atom. The Hall–Kier alpha value is -2.95. The van der Waals surface area contributed by atoms with E-state index in [1.165, 1.54) is 24.3 Å². The van der Waals surface area contributed by atoms with Gasteiger partial charge in [-0.15, -0.1) is 0 Å². The SMILES string of the molecule is O=C(CCCOc1ccc(Cl)cc1)Nc1ccc(S(=O)(=O)Nc2ccc(Cl)c(C(F)(F)F)c2)cc1. The monoisotopic (exact) mass is 546 g/mol. The lowest BCUT2D eigenvalue weighted by molar-refractivity contribution is -0.137. The van der Waals surface area contributed by atoms with Crippen LogP contribution in [0.3, 0.4) is 0 Å². The van der Waals surface area contributed by atoms with Crippen molar-refractivity contribution in [1.82, 2.24) is 0 Å². The number of rotatable bonds is 9. The van der Waals surface area contributed by atoms with Crippen LogP contribution in [0.5, 0.6) is 5.75 Å². The van der Waals surface area contributed by atoms with Crippen LogP contribution in [0.2, 0.25) is 10.0 Å². The van der Waals surface area contributed by atoms with E-state index in [0.717, 1.165) is 12.1 Å². The van der Waals surface area contributed by atoms with Gasteiger partial charge in [0, 0.05) is 22.8 Å². The van der Waals surface area contributed by atoms with Crippen LogP contribution in [0.25, 0.3) is 0 Å². The number of ether oxygens (including phenoxy) is 1. The number of carbonyl (C=O) groups excluding carboxylic acids is 1. The molecular weight excluding hydrogens is 528 g/mol. The molecule has 0 saturated heterocycles. The van der Waals surface area contributed by atoms with Crippen molar-refractivity contribution in [1.29, 1.82) is 0 Å². The average Bonchev–Trinajstić information content (AvgIpc) is 2.79. The van der Waals surface area contributed by atoms with E-state index in [1.807, 2.05) is 0 Å². The van der Waals surface area contributed by atoms with Gasteiger partial charge in [0.25, 0.3) is 10.0 Å². The molecule has 0 atom stereocenters. The summed E-state index contributed by atoms with van der Waals surface area (Å²) >= 11 is 11.4. The smallest absolute Gasteiger partial charge is 0.417 e. The van der Waals surface area contributed by atoms with Gasteiger partial charge in [-0.05, 0) is 73.2 Å². The standard InChI is InChI=1S/C23H19Cl2F3N2O4S/c24-15-3-8-18(9-4-15)34-13-1-2-22(31)29-16-5-10-19(11-6-16)35(32,33)30-17-7-12-21(25)20(14-17)23(26,27)28/h3-12,14,30H,1-2,13H2,(H,29,31). The summed E-state index contributed by atoms with van der Waals surface area (Å²) in [5.41, 5.74) is -1.09.